The minimum absolute atomic E-state index is 0.00679. The van der Waals surface area contributed by atoms with Crippen LogP contribution < -0.4 is 15.6 Å². The molecule has 0 radical (unpaired) electrons. The van der Waals surface area contributed by atoms with Gasteiger partial charge in [-0.3, -0.25) is 19.1 Å². The molecule has 136 valence electrons. The fourth-order valence-corrected chi connectivity index (χ4v) is 3.27. The number of para-hydroxylation sites is 1. The normalized spacial score (nSPS) is 13.9. The van der Waals surface area contributed by atoms with Gasteiger partial charge >= 0.3 is 0 Å². The Kier molecular flexibility index (Phi) is 4.42. The van der Waals surface area contributed by atoms with Gasteiger partial charge in [-0.2, -0.15) is 5.10 Å². The molecule has 2 heterocycles. The molecule has 1 saturated heterocycles. The number of aromatic nitrogens is 2. The third kappa shape index (κ3) is 3.44. The summed E-state index contributed by atoms with van der Waals surface area (Å²) in [5, 5.41) is 7.41. The topological polar surface area (TPSA) is 84.3 Å². The van der Waals surface area contributed by atoms with Crippen LogP contribution in [0.15, 0.2) is 59.5 Å². The van der Waals surface area contributed by atoms with Gasteiger partial charge in [0, 0.05) is 29.7 Å². The predicted molar refractivity (Wildman–Crippen MR) is 103 cm³/mol. The number of carbonyl (C=O) groups is 2. The van der Waals surface area contributed by atoms with Crippen LogP contribution in [-0.2, 0) is 16.1 Å². The molecule has 2 amide bonds. The van der Waals surface area contributed by atoms with Crippen LogP contribution in [-0.4, -0.2) is 28.1 Å². The van der Waals surface area contributed by atoms with Crippen molar-refractivity contribution in [1.29, 1.82) is 0 Å². The molecule has 4 rings (SSSR count). The first-order valence-corrected chi connectivity index (χ1v) is 8.77. The average molecular weight is 362 g/mol. The largest absolute Gasteiger partial charge is 0.324 e. The second kappa shape index (κ2) is 7.03. The van der Waals surface area contributed by atoms with Crippen LogP contribution in [0, 0.1) is 0 Å². The molecule has 0 spiro atoms. The minimum Gasteiger partial charge on any atom is -0.324 e. The van der Waals surface area contributed by atoms with E-state index < -0.39 is 0 Å². The smallest absolute Gasteiger partial charge is 0.246 e. The summed E-state index contributed by atoms with van der Waals surface area (Å²) >= 11 is 0. The highest BCUT2D eigenvalue weighted by molar-refractivity contribution is 5.96. The molecule has 2 aromatic carbocycles. The number of hydrogen-bond donors (Lipinski definition) is 1. The van der Waals surface area contributed by atoms with E-state index in [1.807, 2.05) is 12.1 Å². The van der Waals surface area contributed by atoms with Crippen LogP contribution in [0.5, 0.6) is 0 Å². The summed E-state index contributed by atoms with van der Waals surface area (Å²) < 4.78 is 1.50. The molecule has 1 fully saturated rings. The molecule has 27 heavy (non-hydrogen) atoms. The van der Waals surface area contributed by atoms with Crippen molar-refractivity contribution in [2.75, 3.05) is 16.8 Å². The van der Waals surface area contributed by atoms with Gasteiger partial charge in [0.2, 0.25) is 17.2 Å². The molecule has 0 saturated carbocycles. The van der Waals surface area contributed by atoms with Crippen LogP contribution >= 0.6 is 0 Å². The zero-order valence-corrected chi connectivity index (χ0v) is 14.6. The number of rotatable bonds is 4. The van der Waals surface area contributed by atoms with Gasteiger partial charge in [-0.05, 0) is 42.8 Å². The number of anilines is 2. The molecule has 0 unspecified atom stereocenters. The fourth-order valence-electron chi connectivity index (χ4n) is 3.27. The van der Waals surface area contributed by atoms with Crippen molar-refractivity contribution in [3.63, 3.8) is 0 Å². The van der Waals surface area contributed by atoms with E-state index in [1.54, 1.807) is 41.3 Å². The van der Waals surface area contributed by atoms with Crippen molar-refractivity contribution in [3.05, 3.63) is 65.0 Å². The van der Waals surface area contributed by atoms with Gasteiger partial charge in [0.25, 0.3) is 0 Å². The Morgan fingerprint density at radius 1 is 1.07 bits per heavy atom. The number of carbonyl (C=O) groups excluding carboxylic acids is 2. The Morgan fingerprint density at radius 3 is 2.59 bits per heavy atom. The predicted octanol–water partition coefficient (Wildman–Crippen LogP) is 2.16. The average Bonchev–Trinajstić information content (AvgIpc) is 3.11. The Morgan fingerprint density at radius 2 is 1.85 bits per heavy atom. The zero-order chi connectivity index (χ0) is 18.8. The van der Waals surface area contributed by atoms with Crippen LogP contribution in [0.3, 0.4) is 0 Å². The highest BCUT2D eigenvalue weighted by Crippen LogP contribution is 2.23. The summed E-state index contributed by atoms with van der Waals surface area (Å²) in [6.07, 6.45) is 2.67. The lowest BCUT2D eigenvalue weighted by Gasteiger charge is -2.16. The Bertz CT molecular complexity index is 1070. The van der Waals surface area contributed by atoms with E-state index in [-0.39, 0.29) is 23.8 Å². The maximum Gasteiger partial charge on any atom is 0.246 e. The number of fused-ring (bicyclic) bond motifs is 1. The number of hydrogen-bond acceptors (Lipinski definition) is 4. The fraction of sp³-hybridized carbons (Fsp3) is 0.200. The van der Waals surface area contributed by atoms with E-state index >= 15 is 0 Å². The molecule has 1 aliphatic heterocycles. The van der Waals surface area contributed by atoms with Gasteiger partial charge in [-0.1, -0.05) is 12.1 Å². The molecule has 0 aliphatic carbocycles. The molecule has 7 heteroatoms. The molecule has 7 nitrogen and oxygen atoms in total. The monoisotopic (exact) mass is 362 g/mol. The summed E-state index contributed by atoms with van der Waals surface area (Å²) in [5.41, 5.74) is 1.92. The maximum atomic E-state index is 12.4. The minimum atomic E-state index is -0.249. The van der Waals surface area contributed by atoms with E-state index in [2.05, 4.69) is 10.4 Å². The van der Waals surface area contributed by atoms with Crippen LogP contribution in [0.2, 0.25) is 0 Å². The van der Waals surface area contributed by atoms with Gasteiger partial charge in [0.1, 0.15) is 6.54 Å². The molecular weight excluding hydrogens is 344 g/mol. The third-order valence-corrected chi connectivity index (χ3v) is 4.59. The van der Waals surface area contributed by atoms with E-state index in [0.29, 0.717) is 23.0 Å². The summed E-state index contributed by atoms with van der Waals surface area (Å²) in [7, 11) is 0. The third-order valence-electron chi connectivity index (χ3n) is 4.59. The lowest BCUT2D eigenvalue weighted by molar-refractivity contribution is -0.117. The lowest BCUT2D eigenvalue weighted by atomic mass is 10.2. The first-order valence-electron chi connectivity index (χ1n) is 8.77. The van der Waals surface area contributed by atoms with Gasteiger partial charge < -0.3 is 10.2 Å². The molecule has 1 aromatic heterocycles. The van der Waals surface area contributed by atoms with Crippen LogP contribution in [0.4, 0.5) is 11.4 Å². The maximum absolute atomic E-state index is 12.4. The van der Waals surface area contributed by atoms with Crippen molar-refractivity contribution in [3.8, 4) is 0 Å². The SMILES string of the molecule is O=C(Cn1ncc(=O)c2ccccc21)Nc1ccc(N2CCCC2=O)cc1. The number of nitrogens with one attached hydrogen (secondary N) is 1. The number of nitrogens with zero attached hydrogens (tertiary/aromatic N) is 3. The molecule has 0 bridgehead atoms. The Balaban J connectivity index is 1.48. The summed E-state index contributed by atoms with van der Waals surface area (Å²) in [6.45, 7) is 0.725. The van der Waals surface area contributed by atoms with Crippen molar-refractivity contribution in [2.45, 2.75) is 19.4 Å². The van der Waals surface area contributed by atoms with Crippen molar-refractivity contribution >= 4 is 34.1 Å². The van der Waals surface area contributed by atoms with Crippen molar-refractivity contribution in [1.82, 2.24) is 9.78 Å². The standard InChI is InChI=1S/C20H18N4O3/c25-18-12-21-24(17-5-2-1-4-16(17)18)13-19(26)22-14-7-9-15(10-8-14)23-11-3-6-20(23)27/h1-2,4-5,7-10,12H,3,6,11,13H2,(H,22,26). The second-order valence-corrected chi connectivity index (χ2v) is 6.43. The quantitative estimate of drug-likeness (QED) is 0.771. The number of amides is 2. The molecule has 3 aromatic rings. The van der Waals surface area contributed by atoms with Gasteiger partial charge in [-0.15, -0.1) is 0 Å². The highest BCUT2D eigenvalue weighted by atomic mass is 16.2. The van der Waals surface area contributed by atoms with Crippen LogP contribution in [0.1, 0.15) is 12.8 Å². The summed E-state index contributed by atoms with van der Waals surface area (Å²) in [5.74, 6) is -0.121. The number of benzene rings is 2. The van der Waals surface area contributed by atoms with E-state index in [4.69, 9.17) is 0 Å². The Labute approximate surface area is 155 Å². The summed E-state index contributed by atoms with van der Waals surface area (Å²) in [6, 6.07) is 14.3. The molecule has 1 aliphatic rings. The first-order chi connectivity index (χ1) is 13.1. The first kappa shape index (κ1) is 17.0. The van der Waals surface area contributed by atoms with E-state index in [1.165, 1.54) is 10.9 Å². The van der Waals surface area contributed by atoms with Gasteiger partial charge in [0.05, 0.1) is 11.7 Å². The highest BCUT2D eigenvalue weighted by Gasteiger charge is 2.21. The van der Waals surface area contributed by atoms with Crippen molar-refractivity contribution in [2.24, 2.45) is 0 Å². The zero-order valence-electron chi connectivity index (χ0n) is 14.6. The second-order valence-electron chi connectivity index (χ2n) is 6.43. The van der Waals surface area contributed by atoms with Gasteiger partial charge in [0.15, 0.2) is 0 Å². The van der Waals surface area contributed by atoms with E-state index in [9.17, 15) is 14.4 Å². The lowest BCUT2D eigenvalue weighted by Crippen LogP contribution is -2.24. The molecule has 0 atom stereocenters. The molecule has 1 N–H and O–H groups in total. The Hall–Kier alpha value is -3.48. The molecular formula is C20H18N4O3. The van der Waals surface area contributed by atoms with Gasteiger partial charge in [-0.25, -0.2) is 0 Å². The van der Waals surface area contributed by atoms with E-state index in [0.717, 1.165) is 18.7 Å². The van der Waals surface area contributed by atoms with Crippen molar-refractivity contribution < 1.29 is 9.59 Å². The summed E-state index contributed by atoms with van der Waals surface area (Å²) in [4.78, 5) is 37.8. The van der Waals surface area contributed by atoms with Crippen LogP contribution in [0.25, 0.3) is 10.9 Å².